The lowest BCUT2D eigenvalue weighted by molar-refractivity contribution is 1.34. The fourth-order valence-electron chi connectivity index (χ4n) is 2.41. The number of benzene rings is 3. The van der Waals surface area contributed by atoms with Crippen LogP contribution in [-0.4, -0.2) is 0 Å². The maximum absolute atomic E-state index is 2.16. The molecule has 0 aliphatic rings. The molecule has 0 nitrogen and oxygen atoms in total. The minimum absolute atomic E-state index is 1.34. The minimum atomic E-state index is 1.34. The highest BCUT2D eigenvalue weighted by molar-refractivity contribution is 5.88. The van der Waals surface area contributed by atoms with Crippen LogP contribution in [0.2, 0.25) is 0 Å². The van der Waals surface area contributed by atoms with Gasteiger partial charge in [0.05, 0.1) is 0 Å². The third-order valence-electron chi connectivity index (χ3n) is 3.75. The van der Waals surface area contributed by atoms with Gasteiger partial charge in [0.2, 0.25) is 0 Å². The van der Waals surface area contributed by atoms with Crippen molar-refractivity contribution in [3.05, 3.63) is 82.9 Å². The van der Waals surface area contributed by atoms with E-state index in [9.17, 15) is 0 Å². The Morgan fingerprint density at radius 1 is 0.417 bits per heavy atom. The van der Waals surface area contributed by atoms with Gasteiger partial charge in [-0.1, -0.05) is 88.4 Å². The number of aryl methyl sites for hydroxylation is 4. The molecule has 0 saturated carbocycles. The zero-order valence-corrected chi connectivity index (χ0v) is 16.8. The van der Waals surface area contributed by atoms with E-state index in [2.05, 4.69) is 88.4 Å². The standard InChI is InChI=1S/C12H12.C8H10.2C2H6/c1-9-5-3-7-11-8-4-6-10(2)12(9)11;1-7-5-3-4-6-8(7)2;2*1-2/h3-8H,1-2H3;3-6H,1-2H3;2*1-2H3. The number of fused-ring (bicyclic) bond motifs is 1. The Morgan fingerprint density at radius 2 is 0.750 bits per heavy atom. The zero-order chi connectivity index (χ0) is 18.5. The average Bonchev–Trinajstić information content (AvgIpc) is 2.62. The zero-order valence-electron chi connectivity index (χ0n) is 16.8. The average molecular weight is 323 g/mol. The second kappa shape index (κ2) is 12.4. The van der Waals surface area contributed by atoms with E-state index >= 15 is 0 Å². The Kier molecular flexibility index (Phi) is 11.3. The van der Waals surface area contributed by atoms with E-state index < -0.39 is 0 Å². The molecule has 0 heterocycles. The summed E-state index contributed by atoms with van der Waals surface area (Å²) < 4.78 is 0. The minimum Gasteiger partial charge on any atom is -0.0683 e. The smallest absolute Gasteiger partial charge is 0.0125 e. The van der Waals surface area contributed by atoms with Gasteiger partial charge in [0.1, 0.15) is 0 Å². The van der Waals surface area contributed by atoms with Crippen molar-refractivity contribution in [3.63, 3.8) is 0 Å². The summed E-state index contributed by atoms with van der Waals surface area (Å²) in [4.78, 5) is 0. The van der Waals surface area contributed by atoms with Crippen LogP contribution in [-0.2, 0) is 0 Å². The Hall–Kier alpha value is -2.08. The van der Waals surface area contributed by atoms with Crippen molar-refractivity contribution in [2.24, 2.45) is 0 Å². The highest BCUT2D eigenvalue weighted by atomic mass is 14.0. The van der Waals surface area contributed by atoms with E-state index in [1.165, 1.54) is 33.0 Å². The summed E-state index contributed by atoms with van der Waals surface area (Å²) >= 11 is 0. The summed E-state index contributed by atoms with van der Waals surface area (Å²) in [5.41, 5.74) is 5.47. The molecule has 0 aliphatic heterocycles. The fourth-order valence-corrected chi connectivity index (χ4v) is 2.41. The van der Waals surface area contributed by atoms with Gasteiger partial charge in [0.25, 0.3) is 0 Å². The monoisotopic (exact) mass is 322 g/mol. The van der Waals surface area contributed by atoms with Gasteiger partial charge in [-0.15, -0.1) is 0 Å². The van der Waals surface area contributed by atoms with Gasteiger partial charge in [-0.2, -0.15) is 0 Å². The molecular formula is C24H34. The van der Waals surface area contributed by atoms with Crippen molar-refractivity contribution in [1.82, 2.24) is 0 Å². The highest BCUT2D eigenvalue weighted by Gasteiger charge is 1.97. The van der Waals surface area contributed by atoms with Crippen LogP contribution in [0.4, 0.5) is 0 Å². The van der Waals surface area contributed by atoms with Gasteiger partial charge in [0.15, 0.2) is 0 Å². The number of rotatable bonds is 0. The van der Waals surface area contributed by atoms with Crippen LogP contribution in [0.1, 0.15) is 49.9 Å². The SMILES string of the molecule is CC.CC.Cc1cccc2cccc(C)c12.Cc1ccccc1C. The lowest BCUT2D eigenvalue weighted by atomic mass is 10.0. The molecule has 3 aromatic rings. The molecule has 0 spiro atoms. The summed E-state index contributed by atoms with van der Waals surface area (Å²) in [6, 6.07) is 21.2. The molecule has 0 atom stereocenters. The first kappa shape index (κ1) is 21.9. The molecule has 3 aromatic carbocycles. The van der Waals surface area contributed by atoms with Crippen LogP contribution in [0.3, 0.4) is 0 Å². The van der Waals surface area contributed by atoms with Crippen LogP contribution in [0.5, 0.6) is 0 Å². The van der Waals surface area contributed by atoms with Gasteiger partial charge in [-0.25, -0.2) is 0 Å². The molecule has 0 aromatic heterocycles. The lowest BCUT2D eigenvalue weighted by Crippen LogP contribution is -1.81. The maximum atomic E-state index is 2.16. The van der Waals surface area contributed by atoms with Gasteiger partial charge < -0.3 is 0 Å². The quantitative estimate of drug-likeness (QED) is 0.396. The fraction of sp³-hybridized carbons (Fsp3) is 0.333. The molecule has 0 fully saturated rings. The first-order valence-electron chi connectivity index (χ1n) is 9.07. The van der Waals surface area contributed by atoms with Crippen molar-refractivity contribution in [2.45, 2.75) is 55.4 Å². The largest absolute Gasteiger partial charge is 0.0683 e. The lowest BCUT2D eigenvalue weighted by Gasteiger charge is -2.04. The van der Waals surface area contributed by atoms with Crippen LogP contribution in [0, 0.1) is 27.7 Å². The van der Waals surface area contributed by atoms with Gasteiger partial charge in [0, 0.05) is 0 Å². The van der Waals surface area contributed by atoms with E-state index in [0.717, 1.165) is 0 Å². The van der Waals surface area contributed by atoms with E-state index in [1.807, 2.05) is 27.7 Å². The summed E-state index contributed by atoms with van der Waals surface area (Å²) in [6.45, 7) is 16.6. The van der Waals surface area contributed by atoms with E-state index in [1.54, 1.807) is 0 Å². The Balaban J connectivity index is 0.000000385. The van der Waals surface area contributed by atoms with Crippen molar-refractivity contribution >= 4 is 10.8 Å². The Bertz CT molecular complexity index is 650. The maximum Gasteiger partial charge on any atom is -0.0125 e. The van der Waals surface area contributed by atoms with Crippen LogP contribution in [0.15, 0.2) is 60.7 Å². The molecule has 0 N–H and O–H groups in total. The predicted octanol–water partition coefficient (Wildman–Crippen LogP) is 7.81. The molecule has 0 aliphatic carbocycles. The first-order chi connectivity index (χ1) is 11.6. The van der Waals surface area contributed by atoms with Gasteiger partial charge >= 0.3 is 0 Å². The third-order valence-corrected chi connectivity index (χ3v) is 3.75. The molecule has 0 bridgehead atoms. The first-order valence-corrected chi connectivity index (χ1v) is 9.07. The molecule has 0 unspecified atom stereocenters. The van der Waals surface area contributed by atoms with Crippen LogP contribution >= 0.6 is 0 Å². The molecule has 0 radical (unpaired) electrons. The van der Waals surface area contributed by atoms with E-state index in [0.29, 0.717) is 0 Å². The number of hydrogen-bond acceptors (Lipinski definition) is 0. The van der Waals surface area contributed by atoms with E-state index in [-0.39, 0.29) is 0 Å². The number of hydrogen-bond donors (Lipinski definition) is 0. The van der Waals surface area contributed by atoms with Crippen LogP contribution in [0.25, 0.3) is 10.8 Å². The second-order valence-corrected chi connectivity index (χ2v) is 5.33. The van der Waals surface area contributed by atoms with Gasteiger partial charge in [-0.3, -0.25) is 0 Å². The van der Waals surface area contributed by atoms with Crippen molar-refractivity contribution < 1.29 is 0 Å². The molecule has 3 rings (SSSR count). The molecule has 0 heteroatoms. The molecular weight excluding hydrogens is 288 g/mol. The van der Waals surface area contributed by atoms with Crippen LogP contribution < -0.4 is 0 Å². The van der Waals surface area contributed by atoms with Crippen molar-refractivity contribution in [1.29, 1.82) is 0 Å². The normalized spacial score (nSPS) is 8.83. The summed E-state index contributed by atoms with van der Waals surface area (Å²) in [6.07, 6.45) is 0. The Morgan fingerprint density at radius 3 is 1.04 bits per heavy atom. The summed E-state index contributed by atoms with van der Waals surface area (Å²) in [5, 5.41) is 2.75. The second-order valence-electron chi connectivity index (χ2n) is 5.33. The molecule has 0 amide bonds. The highest BCUT2D eigenvalue weighted by Crippen LogP contribution is 2.21. The molecule has 24 heavy (non-hydrogen) atoms. The van der Waals surface area contributed by atoms with E-state index in [4.69, 9.17) is 0 Å². The summed E-state index contributed by atoms with van der Waals surface area (Å²) in [5.74, 6) is 0. The third kappa shape index (κ3) is 6.58. The van der Waals surface area contributed by atoms with Crippen molar-refractivity contribution in [2.75, 3.05) is 0 Å². The molecule has 0 saturated heterocycles. The Labute approximate surface area is 149 Å². The summed E-state index contributed by atoms with van der Waals surface area (Å²) in [7, 11) is 0. The van der Waals surface area contributed by atoms with Gasteiger partial charge in [-0.05, 0) is 60.7 Å². The topological polar surface area (TPSA) is 0 Å². The van der Waals surface area contributed by atoms with Crippen molar-refractivity contribution in [3.8, 4) is 0 Å². The molecule has 130 valence electrons. The predicted molar refractivity (Wildman–Crippen MR) is 112 cm³/mol.